The van der Waals surface area contributed by atoms with Gasteiger partial charge in [0.05, 0.1) is 11.0 Å². The van der Waals surface area contributed by atoms with E-state index in [1.54, 1.807) is 0 Å². The maximum atomic E-state index is 4.94. The fourth-order valence-electron chi connectivity index (χ4n) is 5.39. The van der Waals surface area contributed by atoms with Crippen LogP contribution < -0.4 is 0 Å². The van der Waals surface area contributed by atoms with Crippen LogP contribution in [-0.2, 0) is 0 Å². The topological polar surface area (TPSA) is 25.8 Å². The lowest BCUT2D eigenvalue weighted by atomic mass is 9.91. The van der Waals surface area contributed by atoms with Gasteiger partial charge in [-0.15, -0.1) is 0 Å². The van der Waals surface area contributed by atoms with Crippen LogP contribution in [-0.4, -0.2) is 9.97 Å². The van der Waals surface area contributed by atoms with E-state index in [9.17, 15) is 0 Å². The van der Waals surface area contributed by atoms with Crippen molar-refractivity contribution in [2.24, 2.45) is 0 Å². The smallest absolute Gasteiger partial charge is 0.0974 e. The van der Waals surface area contributed by atoms with Crippen LogP contribution in [0.2, 0.25) is 0 Å². The third kappa shape index (κ3) is 2.29. The minimum absolute atomic E-state index is 0.977. The number of hydrogen-bond donors (Lipinski definition) is 0. The Bertz CT molecular complexity index is 1740. The van der Waals surface area contributed by atoms with Gasteiger partial charge in [-0.25, -0.2) is 0 Å². The molecule has 0 radical (unpaired) electrons. The third-order valence-electron chi connectivity index (χ3n) is 6.73. The Morgan fingerprint density at radius 3 is 2.00 bits per heavy atom. The Hall–Kier alpha value is -4.04. The Morgan fingerprint density at radius 2 is 1.16 bits per heavy atom. The average molecular weight is 409 g/mol. The first-order valence-electron chi connectivity index (χ1n) is 11.0. The lowest BCUT2D eigenvalue weighted by Gasteiger charge is -2.15. The van der Waals surface area contributed by atoms with E-state index in [-0.39, 0.29) is 0 Å². The standard InChI is InChI=1S/C30H20N2/c1-17-12-13-20-14-15-24-26(16-18(2)32-30(24)29(20)31-17)23-10-5-9-22-21-8-3-6-19-7-4-11-25(27(19)21)28(22)23/h3-16H,1-2H3. The average Bonchev–Trinajstić information content (AvgIpc) is 3.15. The number of benzene rings is 4. The molecule has 2 nitrogen and oxygen atoms in total. The summed E-state index contributed by atoms with van der Waals surface area (Å²) >= 11 is 0. The van der Waals surface area contributed by atoms with Crippen molar-refractivity contribution >= 4 is 32.6 Å². The van der Waals surface area contributed by atoms with Crippen molar-refractivity contribution < 1.29 is 0 Å². The van der Waals surface area contributed by atoms with E-state index in [2.05, 4.69) is 91.9 Å². The summed E-state index contributed by atoms with van der Waals surface area (Å²) in [6.45, 7) is 4.12. The van der Waals surface area contributed by atoms with E-state index in [4.69, 9.17) is 9.97 Å². The van der Waals surface area contributed by atoms with Crippen molar-refractivity contribution in [1.29, 1.82) is 0 Å². The molecular formula is C30H20N2. The summed E-state index contributed by atoms with van der Waals surface area (Å²) in [5.74, 6) is 0. The van der Waals surface area contributed by atoms with Crippen LogP contribution >= 0.6 is 0 Å². The summed E-state index contributed by atoms with van der Waals surface area (Å²) in [4.78, 5) is 9.79. The van der Waals surface area contributed by atoms with E-state index in [1.165, 1.54) is 44.2 Å². The van der Waals surface area contributed by atoms with Crippen LogP contribution in [0.4, 0.5) is 0 Å². The second-order valence-corrected chi connectivity index (χ2v) is 8.73. The van der Waals surface area contributed by atoms with Gasteiger partial charge < -0.3 is 0 Å². The van der Waals surface area contributed by atoms with Crippen LogP contribution in [0.25, 0.3) is 66.0 Å². The highest BCUT2D eigenvalue weighted by molar-refractivity contribution is 6.19. The lowest BCUT2D eigenvalue weighted by Crippen LogP contribution is -1.94. The maximum Gasteiger partial charge on any atom is 0.0974 e. The zero-order valence-electron chi connectivity index (χ0n) is 18.0. The second kappa shape index (κ2) is 6.24. The van der Waals surface area contributed by atoms with Crippen molar-refractivity contribution in [3.8, 4) is 33.4 Å². The molecule has 2 heteroatoms. The van der Waals surface area contributed by atoms with Crippen molar-refractivity contribution in [2.75, 3.05) is 0 Å². The Balaban J connectivity index is 1.61. The van der Waals surface area contributed by atoms with Crippen LogP contribution in [0.3, 0.4) is 0 Å². The second-order valence-electron chi connectivity index (χ2n) is 8.73. The van der Waals surface area contributed by atoms with E-state index in [0.29, 0.717) is 0 Å². The molecule has 7 rings (SSSR count). The molecule has 0 bridgehead atoms. The molecule has 0 amide bonds. The monoisotopic (exact) mass is 408 g/mol. The number of aryl methyl sites for hydroxylation is 2. The molecule has 2 aromatic heterocycles. The molecule has 0 unspecified atom stereocenters. The van der Waals surface area contributed by atoms with Crippen molar-refractivity contribution in [1.82, 2.24) is 9.97 Å². The first-order valence-corrected chi connectivity index (χ1v) is 11.0. The molecule has 0 fully saturated rings. The molecule has 0 atom stereocenters. The predicted molar refractivity (Wildman–Crippen MR) is 134 cm³/mol. The summed E-state index contributed by atoms with van der Waals surface area (Å²) in [5.41, 5.74) is 11.7. The number of pyridine rings is 2. The van der Waals surface area contributed by atoms with Gasteiger partial charge in [-0.05, 0) is 70.1 Å². The fourth-order valence-corrected chi connectivity index (χ4v) is 5.39. The molecule has 0 spiro atoms. The molecule has 4 aromatic carbocycles. The van der Waals surface area contributed by atoms with Gasteiger partial charge in [0.25, 0.3) is 0 Å². The highest BCUT2D eigenvalue weighted by Crippen LogP contribution is 2.51. The fraction of sp³-hybridized carbons (Fsp3) is 0.0667. The van der Waals surface area contributed by atoms with E-state index >= 15 is 0 Å². The molecule has 6 aromatic rings. The Kier molecular flexibility index (Phi) is 3.44. The van der Waals surface area contributed by atoms with Crippen LogP contribution in [0.15, 0.2) is 84.9 Å². The highest BCUT2D eigenvalue weighted by Gasteiger charge is 2.25. The largest absolute Gasteiger partial charge is 0.251 e. The first kappa shape index (κ1) is 17.6. The SMILES string of the molecule is Cc1ccc2ccc3c(-c4cccc5c4-c4cccc6cccc-5c46)cc(C)nc3c2n1. The van der Waals surface area contributed by atoms with Gasteiger partial charge in [-0.3, -0.25) is 9.97 Å². The van der Waals surface area contributed by atoms with Gasteiger partial charge in [-0.2, -0.15) is 0 Å². The quantitative estimate of drug-likeness (QED) is 0.258. The van der Waals surface area contributed by atoms with E-state index in [0.717, 1.165) is 33.2 Å². The predicted octanol–water partition coefficient (Wildman–Crippen LogP) is 7.87. The molecule has 0 N–H and O–H groups in total. The third-order valence-corrected chi connectivity index (χ3v) is 6.73. The van der Waals surface area contributed by atoms with Gasteiger partial charge in [0.1, 0.15) is 0 Å². The lowest BCUT2D eigenvalue weighted by molar-refractivity contribution is 1.23. The summed E-state index contributed by atoms with van der Waals surface area (Å²) in [6, 6.07) is 30.8. The molecule has 1 aliphatic rings. The van der Waals surface area contributed by atoms with Gasteiger partial charge in [-0.1, -0.05) is 72.8 Å². The molecule has 0 saturated carbocycles. The highest BCUT2D eigenvalue weighted by atomic mass is 14.8. The zero-order valence-corrected chi connectivity index (χ0v) is 18.0. The molecule has 32 heavy (non-hydrogen) atoms. The van der Waals surface area contributed by atoms with Crippen molar-refractivity contribution in [3.63, 3.8) is 0 Å². The molecule has 1 aliphatic carbocycles. The molecular weight excluding hydrogens is 388 g/mol. The number of aromatic nitrogens is 2. The minimum atomic E-state index is 0.977. The summed E-state index contributed by atoms with van der Waals surface area (Å²) in [7, 11) is 0. The van der Waals surface area contributed by atoms with E-state index < -0.39 is 0 Å². The number of fused-ring (bicyclic) bond motifs is 6. The minimum Gasteiger partial charge on any atom is -0.251 e. The van der Waals surface area contributed by atoms with Crippen molar-refractivity contribution in [2.45, 2.75) is 13.8 Å². The van der Waals surface area contributed by atoms with Crippen molar-refractivity contribution in [3.05, 3.63) is 96.3 Å². The van der Waals surface area contributed by atoms with Gasteiger partial charge in [0, 0.05) is 22.2 Å². The number of hydrogen-bond acceptors (Lipinski definition) is 2. The maximum absolute atomic E-state index is 4.94. The Morgan fingerprint density at radius 1 is 0.500 bits per heavy atom. The molecule has 0 aliphatic heterocycles. The zero-order chi connectivity index (χ0) is 21.4. The summed E-state index contributed by atoms with van der Waals surface area (Å²) in [6.07, 6.45) is 0. The molecule has 150 valence electrons. The number of nitrogens with zero attached hydrogens (tertiary/aromatic N) is 2. The van der Waals surface area contributed by atoms with Crippen LogP contribution in [0.5, 0.6) is 0 Å². The normalized spacial score (nSPS) is 12.1. The van der Waals surface area contributed by atoms with Gasteiger partial charge in [0.15, 0.2) is 0 Å². The summed E-state index contributed by atoms with van der Waals surface area (Å²) < 4.78 is 0. The van der Waals surface area contributed by atoms with Gasteiger partial charge >= 0.3 is 0 Å². The first-order chi connectivity index (χ1) is 15.7. The van der Waals surface area contributed by atoms with Crippen LogP contribution in [0.1, 0.15) is 11.4 Å². The molecule has 2 heterocycles. The van der Waals surface area contributed by atoms with Crippen LogP contribution in [0, 0.1) is 13.8 Å². The molecule has 0 saturated heterocycles. The van der Waals surface area contributed by atoms with E-state index in [1.807, 2.05) is 6.92 Å². The Labute approximate surface area is 186 Å². The summed E-state index contributed by atoms with van der Waals surface area (Å²) in [5, 5.41) is 4.93. The van der Waals surface area contributed by atoms with Gasteiger partial charge in [0.2, 0.25) is 0 Å². The number of rotatable bonds is 1.